The molecule has 0 radical (unpaired) electrons. The molecule has 7 heterocycles. The third-order valence-electron chi connectivity index (χ3n) is 12.0. The van der Waals surface area contributed by atoms with Gasteiger partial charge in [-0.25, -0.2) is 0 Å². The summed E-state index contributed by atoms with van der Waals surface area (Å²) in [6.45, 7) is 6.03. The molecule has 2 N–H and O–H groups in total. The molecule has 19 heteroatoms. The number of ether oxygens (including phenoxy) is 1. The molecule has 0 aliphatic carbocycles. The second kappa shape index (κ2) is 44.2. The first-order valence-electron chi connectivity index (χ1n) is 28.1. The van der Waals surface area contributed by atoms with Crippen molar-refractivity contribution in [1.82, 2.24) is 28.2 Å². The normalized spacial score (nSPS) is 10.9. The van der Waals surface area contributed by atoms with Gasteiger partial charge in [-0.3, -0.25) is 4.79 Å². The van der Waals surface area contributed by atoms with Crippen LogP contribution in [-0.2, 0) is 34.8 Å². The van der Waals surface area contributed by atoms with Crippen molar-refractivity contribution in [2.24, 2.45) is 0 Å². The van der Waals surface area contributed by atoms with Crippen LogP contribution in [0.3, 0.4) is 0 Å². The smallest absolute Gasteiger partial charge is 1.00 e. The van der Waals surface area contributed by atoms with Crippen molar-refractivity contribution in [1.29, 1.82) is 5.26 Å². The van der Waals surface area contributed by atoms with Crippen LogP contribution in [0.4, 0.5) is 0 Å². The van der Waals surface area contributed by atoms with Crippen molar-refractivity contribution in [3.8, 4) is 5.40 Å². The number of methoxy groups -OCH3 is 1. The zero-order valence-corrected chi connectivity index (χ0v) is 60.0. The number of benzene rings is 6. The van der Waals surface area contributed by atoms with E-state index in [1.54, 1.807) is 66.2 Å². The minimum atomic E-state index is -1.89. The Morgan fingerprint density at radius 1 is 0.578 bits per heavy atom. The number of carbonyl (C=O) groups excluding carboxylic acids is 1. The van der Waals surface area contributed by atoms with Gasteiger partial charge in [-0.05, 0) is 110 Å². The Kier molecular flexibility index (Phi) is 36.5. The maximum Gasteiger partial charge on any atom is 2.00 e. The topological polar surface area (TPSA) is 118 Å². The van der Waals surface area contributed by atoms with Gasteiger partial charge < -0.3 is 45.4 Å². The number of halogens is 1. The molecule has 1 unspecified atom stereocenters. The Morgan fingerprint density at radius 2 is 1.04 bits per heavy atom. The molecule has 0 amide bonds. The van der Waals surface area contributed by atoms with Gasteiger partial charge in [0.05, 0.1) is 38.3 Å². The summed E-state index contributed by atoms with van der Waals surface area (Å²) in [6, 6.07) is 86.1. The fourth-order valence-electron chi connectivity index (χ4n) is 7.81. The quantitative estimate of drug-likeness (QED) is 0.0445. The number of nitrogens with zero attached hydrogens (tertiary/aromatic N) is 5. The molecule has 90 heavy (non-hydrogen) atoms. The van der Waals surface area contributed by atoms with Crippen LogP contribution < -0.4 is 17.0 Å². The van der Waals surface area contributed by atoms with E-state index in [0.717, 1.165) is 58.5 Å². The Labute approximate surface area is 586 Å². The van der Waals surface area contributed by atoms with Gasteiger partial charge in [-0.15, -0.1) is 0 Å². The summed E-state index contributed by atoms with van der Waals surface area (Å²) >= 11 is 7.96. The van der Waals surface area contributed by atoms with Crippen molar-refractivity contribution in [2.75, 3.05) is 13.7 Å². The Balaban J connectivity index is 0.000000194. The first-order chi connectivity index (χ1) is 43.3. The van der Waals surface area contributed by atoms with Gasteiger partial charge in [-0.2, -0.15) is 41.7 Å². The van der Waals surface area contributed by atoms with E-state index in [1.165, 1.54) is 39.7 Å². The number of carbonyl (C=O) groups is 1. The summed E-state index contributed by atoms with van der Waals surface area (Å²) in [7, 11) is 1.73. The number of Topliss-reactive ketones (excluding diaryl/α,β-unsaturated/α-hetero) is 1. The third kappa shape index (κ3) is 27.6. The van der Waals surface area contributed by atoms with Crippen molar-refractivity contribution >= 4 is 118 Å². The number of aryl methyl sites for hydroxylation is 1. The maximum absolute atomic E-state index is 11.9. The number of nitrogens with one attached hydrogen (secondary N) is 2. The monoisotopic (exact) mass is 1440 g/mol. The number of thiocyanates is 1. The SMILES string of the molecule is CCn1cccc1Sc1ccccc1.COCCn1cccc1Sc1ccccc1.C[SeH](=O)=CCn1cccc1Sc1ccccc1.N#CSc1ccc[nH]1.O=C1Cn2cccc2Sc2ccccc21.[Br-].[Mg+2].[c-]1ccccc1.c1ccc(Sc2ccc[nH]2)cc1. The average Bonchev–Trinajstić information content (AvgIpc) is 3.81. The molecule has 12 aromatic rings. The molecular formula is C71H70BrMgN7O3S6Se. The summed E-state index contributed by atoms with van der Waals surface area (Å²) in [5.74, 6) is 1.99. The molecule has 6 aromatic carbocycles. The number of rotatable bonds is 15. The number of thioether (sulfide) groups is 1. The van der Waals surface area contributed by atoms with Crippen LogP contribution >= 0.6 is 70.6 Å². The summed E-state index contributed by atoms with van der Waals surface area (Å²) < 4.78 is 24.8. The minimum absolute atomic E-state index is 0. The number of H-pyrrole nitrogens is 2. The van der Waals surface area contributed by atoms with E-state index in [9.17, 15) is 8.63 Å². The van der Waals surface area contributed by atoms with Crippen molar-refractivity contribution in [3.05, 3.63) is 298 Å². The number of ketones is 1. The van der Waals surface area contributed by atoms with Gasteiger partial charge in [-0.1, -0.05) is 120 Å². The number of aromatic nitrogens is 6. The molecule has 1 aliphatic heterocycles. The minimum Gasteiger partial charge on any atom is -1.00 e. The molecule has 10 nitrogen and oxygen atoms in total. The van der Waals surface area contributed by atoms with Crippen LogP contribution in [-0.4, -0.2) is 89.1 Å². The predicted molar refractivity (Wildman–Crippen MR) is 376 cm³/mol. The van der Waals surface area contributed by atoms with E-state index >= 15 is 0 Å². The summed E-state index contributed by atoms with van der Waals surface area (Å²) in [6.07, 6.45) is 11.9. The molecule has 0 fully saturated rings. The van der Waals surface area contributed by atoms with Crippen LogP contribution in [0.1, 0.15) is 17.3 Å². The van der Waals surface area contributed by atoms with Crippen LogP contribution in [0.2, 0.25) is 5.82 Å². The Bertz CT molecular complexity index is 3910. The number of nitriles is 1. The van der Waals surface area contributed by atoms with Crippen molar-refractivity contribution in [2.45, 2.75) is 93.6 Å². The molecule has 13 rings (SSSR count). The second-order valence-electron chi connectivity index (χ2n) is 18.4. The standard InChI is InChI=1S/C13H15NOSSe.C13H15NOS.C12H9NOS.C12H13NS.C10H9NS.C6H5.C5H4N2S.BrH.Mg/c1-17(15)11-10-14-9-5-8-13(14)16-12-6-3-2-4-7-12;1-15-11-10-14-9-5-8-13(14)16-12-6-3-2-4-7-12;14-10-8-13-7-3-6-12(13)15-11-5-2-1-4-9(10)11;1-2-13-10-6-9-12(13)14-11-7-4-3-5-8-11;1-2-5-9(6-3-1)12-10-7-4-8-11-10;1-2-4-6-5-3-1;6-4-8-5-2-1-3-7-5;;/h2-9,11,17H,10H2,1H3;2-9H,10-11H2,1H3;1-7H,8H2;3-10H,2H2,1H3;1-8,11H;1-5H;1-3,7H;1H;/q;;;;;-1;;;+2/p-1. The number of aromatic amines is 2. The molecule has 1 atom stereocenters. The number of fused-ring (bicyclic) bond motifs is 2. The fraction of sp³-hybridized carbons (Fsp3) is 0.113. The van der Waals surface area contributed by atoms with Gasteiger partial charge in [0.25, 0.3) is 0 Å². The van der Waals surface area contributed by atoms with Crippen LogP contribution in [0.25, 0.3) is 0 Å². The first kappa shape index (κ1) is 74.4. The van der Waals surface area contributed by atoms with E-state index in [-0.39, 0.29) is 45.8 Å². The van der Waals surface area contributed by atoms with Crippen LogP contribution in [0, 0.1) is 16.7 Å². The van der Waals surface area contributed by atoms with Gasteiger partial charge in [0.2, 0.25) is 0 Å². The van der Waals surface area contributed by atoms with Gasteiger partial charge in [0.15, 0.2) is 5.78 Å². The predicted octanol–water partition coefficient (Wildman–Crippen LogP) is 15.5. The zero-order chi connectivity index (χ0) is 61.6. The largest absolute Gasteiger partial charge is 2.00 e. The van der Waals surface area contributed by atoms with Gasteiger partial charge >= 0.3 is 132 Å². The van der Waals surface area contributed by atoms with E-state index in [1.807, 2.05) is 185 Å². The third-order valence-corrected chi connectivity index (χ3v) is 19.4. The second-order valence-corrected chi connectivity index (χ2v) is 27.7. The Hall–Kier alpha value is -6.34. The van der Waals surface area contributed by atoms with E-state index < -0.39 is 13.4 Å². The molecule has 0 bridgehead atoms. The average molecular weight is 1440 g/mol. The fourth-order valence-corrected chi connectivity index (χ4v) is 13.8. The molecule has 0 saturated heterocycles. The molecule has 0 saturated carbocycles. The van der Waals surface area contributed by atoms with Crippen molar-refractivity contribution in [3.63, 3.8) is 0 Å². The molecular weight excluding hydrogens is 1370 g/mol. The number of hydrogen-bond acceptors (Lipinski definition) is 10. The van der Waals surface area contributed by atoms with Gasteiger partial charge in [0, 0.05) is 88.1 Å². The summed E-state index contributed by atoms with van der Waals surface area (Å²) in [5.41, 5.74) is 0.839. The summed E-state index contributed by atoms with van der Waals surface area (Å²) in [4.78, 5) is 26.0. The maximum atomic E-state index is 11.9. The molecule has 458 valence electrons. The Morgan fingerprint density at radius 3 is 1.52 bits per heavy atom. The molecule has 0 spiro atoms. The van der Waals surface area contributed by atoms with Gasteiger partial charge in [0.1, 0.15) is 5.40 Å². The molecule has 1 aliphatic rings. The first-order valence-corrected chi connectivity index (χ1v) is 36.7. The van der Waals surface area contributed by atoms with E-state index in [0.29, 0.717) is 6.54 Å². The number of hydrogen-bond donors (Lipinski definition) is 2. The van der Waals surface area contributed by atoms with E-state index in [4.69, 9.17) is 10.00 Å². The zero-order valence-electron chi connectivity index (χ0n) is 50.2. The molecule has 6 aromatic heterocycles. The van der Waals surface area contributed by atoms with Crippen molar-refractivity contribution < 1.29 is 30.3 Å². The summed E-state index contributed by atoms with van der Waals surface area (Å²) in [5, 5.41) is 17.0. The van der Waals surface area contributed by atoms with Crippen LogP contribution in [0.5, 0.6) is 0 Å². The van der Waals surface area contributed by atoms with Crippen LogP contribution in [0.15, 0.2) is 341 Å². The van der Waals surface area contributed by atoms with E-state index in [2.05, 4.69) is 158 Å².